The van der Waals surface area contributed by atoms with E-state index in [1.54, 1.807) is 0 Å². The average Bonchev–Trinajstić information content (AvgIpc) is 2.96. The molecule has 0 bridgehead atoms. The zero-order chi connectivity index (χ0) is 22.9. The fourth-order valence-electron chi connectivity index (χ4n) is 4.83. The van der Waals surface area contributed by atoms with Gasteiger partial charge >= 0.3 is 0 Å². The minimum absolute atomic E-state index is 0.0300. The number of hydrogen-bond acceptors (Lipinski definition) is 4. The van der Waals surface area contributed by atoms with Gasteiger partial charge in [-0.1, -0.05) is 60.1 Å². The van der Waals surface area contributed by atoms with Crippen LogP contribution in [0.2, 0.25) is 5.02 Å². The summed E-state index contributed by atoms with van der Waals surface area (Å²) in [6, 6.07) is 23.6. The van der Waals surface area contributed by atoms with E-state index in [-0.39, 0.29) is 23.8 Å². The van der Waals surface area contributed by atoms with Crippen molar-refractivity contribution in [3.05, 3.63) is 100 Å². The molecule has 0 aromatic heterocycles. The monoisotopic (exact) mass is 458 g/mol. The molecule has 1 heterocycles. The third kappa shape index (κ3) is 4.23. The van der Waals surface area contributed by atoms with E-state index in [1.165, 1.54) is 0 Å². The number of hydrogen-bond donors (Lipinski definition) is 2. The van der Waals surface area contributed by atoms with E-state index >= 15 is 0 Å². The molecule has 0 fully saturated rings. The molecule has 1 aliphatic heterocycles. The normalized spacial score (nSPS) is 19.8. The van der Waals surface area contributed by atoms with Crippen molar-refractivity contribution >= 4 is 28.8 Å². The summed E-state index contributed by atoms with van der Waals surface area (Å²) in [5, 5.41) is 7.93. The number of benzene rings is 3. The van der Waals surface area contributed by atoms with Gasteiger partial charge in [-0.05, 0) is 56.0 Å². The fraction of sp³-hybridized carbons (Fsp3) is 0.250. The van der Waals surface area contributed by atoms with Crippen LogP contribution in [0.3, 0.4) is 0 Å². The Bertz CT molecular complexity index is 1230. The lowest BCUT2D eigenvalue weighted by atomic mass is 9.78. The van der Waals surface area contributed by atoms with E-state index in [1.807, 2.05) is 86.6 Å². The van der Waals surface area contributed by atoms with Crippen LogP contribution in [0.5, 0.6) is 5.75 Å². The molecule has 2 N–H and O–H groups in total. The summed E-state index contributed by atoms with van der Waals surface area (Å²) in [4.78, 5) is 13.7. The van der Waals surface area contributed by atoms with Gasteiger partial charge in [0.1, 0.15) is 5.75 Å². The molecule has 0 spiro atoms. The van der Waals surface area contributed by atoms with Gasteiger partial charge in [0.05, 0.1) is 23.5 Å². The molecule has 5 heteroatoms. The number of ketones is 1. The minimum atomic E-state index is -0.314. The lowest BCUT2D eigenvalue weighted by Crippen LogP contribution is -2.27. The summed E-state index contributed by atoms with van der Waals surface area (Å²) in [5.74, 6) is 0.945. The van der Waals surface area contributed by atoms with Crippen LogP contribution >= 0.6 is 11.6 Å². The van der Waals surface area contributed by atoms with Crippen molar-refractivity contribution < 1.29 is 9.53 Å². The molecular formula is C28H27ClN2O2. The van der Waals surface area contributed by atoms with Crippen LogP contribution in [-0.2, 0) is 4.79 Å². The van der Waals surface area contributed by atoms with Crippen molar-refractivity contribution in [2.24, 2.45) is 0 Å². The van der Waals surface area contributed by atoms with Crippen molar-refractivity contribution in [2.45, 2.75) is 44.8 Å². The van der Waals surface area contributed by atoms with Gasteiger partial charge in [-0.25, -0.2) is 0 Å². The number of ether oxygens (including phenoxy) is 1. The molecule has 2 atom stereocenters. The first-order chi connectivity index (χ1) is 16.0. The lowest BCUT2D eigenvalue weighted by molar-refractivity contribution is -0.116. The smallest absolute Gasteiger partial charge is 0.163 e. The molecule has 2 unspecified atom stereocenters. The van der Waals surface area contributed by atoms with Crippen LogP contribution in [0.15, 0.2) is 84.1 Å². The van der Waals surface area contributed by atoms with E-state index in [2.05, 4.69) is 10.6 Å². The van der Waals surface area contributed by atoms with Crippen molar-refractivity contribution in [3.8, 4) is 5.75 Å². The molecule has 4 nitrogen and oxygen atoms in total. The first-order valence-corrected chi connectivity index (χ1v) is 11.8. The van der Waals surface area contributed by atoms with E-state index in [0.29, 0.717) is 17.9 Å². The number of para-hydroxylation sites is 3. The van der Waals surface area contributed by atoms with Gasteiger partial charge in [0.15, 0.2) is 5.78 Å². The summed E-state index contributed by atoms with van der Waals surface area (Å²) in [6.45, 7) is 4.03. The molecule has 0 saturated heterocycles. The fourth-order valence-corrected chi connectivity index (χ4v) is 5.12. The molecule has 33 heavy (non-hydrogen) atoms. The average molecular weight is 459 g/mol. The molecule has 5 rings (SSSR count). The van der Waals surface area contributed by atoms with Crippen molar-refractivity contribution in [2.75, 3.05) is 10.6 Å². The van der Waals surface area contributed by atoms with Gasteiger partial charge in [0, 0.05) is 28.3 Å². The Labute approximate surface area is 199 Å². The van der Waals surface area contributed by atoms with Crippen molar-refractivity contribution in [3.63, 3.8) is 0 Å². The molecule has 1 aliphatic carbocycles. The number of allylic oxidation sites excluding steroid dienone is 1. The Balaban J connectivity index is 1.63. The molecule has 2 aliphatic rings. The molecular weight excluding hydrogens is 432 g/mol. The molecule has 0 saturated carbocycles. The van der Waals surface area contributed by atoms with Gasteiger partial charge in [-0.2, -0.15) is 0 Å². The van der Waals surface area contributed by atoms with Crippen LogP contribution in [0, 0.1) is 0 Å². The lowest BCUT2D eigenvalue weighted by Gasteiger charge is -2.31. The highest BCUT2D eigenvalue weighted by Crippen LogP contribution is 2.46. The van der Waals surface area contributed by atoms with E-state index in [9.17, 15) is 4.79 Å². The largest absolute Gasteiger partial charge is 0.491 e. The van der Waals surface area contributed by atoms with Crippen LogP contribution in [0.1, 0.15) is 49.8 Å². The maximum atomic E-state index is 13.7. The highest BCUT2D eigenvalue weighted by atomic mass is 35.5. The standard InChI is InChI=1S/C28H27ClN2O2/c1-17(2)33-26-14-8-4-10-20(26)28-27-24(30-22-12-6-7-13-23(22)31-28)15-18(16-25(27)32)19-9-3-5-11-21(19)29/h3-14,17-18,28,30-31H,15-16H2,1-2H3. The Morgan fingerprint density at radius 2 is 1.55 bits per heavy atom. The van der Waals surface area contributed by atoms with E-state index in [4.69, 9.17) is 16.3 Å². The number of nitrogens with one attached hydrogen (secondary N) is 2. The number of fused-ring (bicyclic) bond motifs is 1. The number of carbonyl (C=O) groups is 1. The topological polar surface area (TPSA) is 50.4 Å². The highest BCUT2D eigenvalue weighted by Gasteiger charge is 2.37. The molecule has 3 aromatic rings. The first kappa shape index (κ1) is 21.6. The van der Waals surface area contributed by atoms with Crippen LogP contribution in [0.4, 0.5) is 11.4 Å². The third-order valence-corrected chi connectivity index (χ3v) is 6.59. The van der Waals surface area contributed by atoms with Crippen molar-refractivity contribution in [1.82, 2.24) is 0 Å². The number of carbonyl (C=O) groups excluding carboxylic acids is 1. The second-order valence-electron chi connectivity index (χ2n) is 8.89. The van der Waals surface area contributed by atoms with Gasteiger partial charge in [0.2, 0.25) is 0 Å². The summed E-state index contributed by atoms with van der Waals surface area (Å²) in [7, 11) is 0. The zero-order valence-electron chi connectivity index (χ0n) is 18.8. The maximum absolute atomic E-state index is 13.7. The molecule has 3 aromatic carbocycles. The maximum Gasteiger partial charge on any atom is 0.163 e. The van der Waals surface area contributed by atoms with Crippen LogP contribution in [-0.4, -0.2) is 11.9 Å². The summed E-state index contributed by atoms with van der Waals surface area (Å²) < 4.78 is 6.14. The second kappa shape index (κ2) is 8.95. The number of Topliss-reactive ketones (excluding diaryl/α,β-unsaturated/α-hetero) is 1. The van der Waals surface area contributed by atoms with Gasteiger partial charge in [-0.15, -0.1) is 0 Å². The van der Waals surface area contributed by atoms with Gasteiger partial charge in [-0.3, -0.25) is 4.79 Å². The quantitative estimate of drug-likeness (QED) is 0.437. The van der Waals surface area contributed by atoms with E-state index < -0.39 is 0 Å². The predicted molar refractivity (Wildman–Crippen MR) is 134 cm³/mol. The molecule has 168 valence electrons. The SMILES string of the molecule is CC(C)Oc1ccccc1C1Nc2ccccc2NC2=C1C(=O)CC(c1ccccc1Cl)C2. The Hall–Kier alpha value is -3.24. The van der Waals surface area contributed by atoms with Gasteiger partial charge < -0.3 is 15.4 Å². The second-order valence-corrected chi connectivity index (χ2v) is 9.30. The Morgan fingerprint density at radius 3 is 2.30 bits per heavy atom. The van der Waals surface area contributed by atoms with Crippen LogP contribution < -0.4 is 15.4 Å². The Kier molecular flexibility index (Phi) is 5.86. The minimum Gasteiger partial charge on any atom is -0.491 e. The van der Waals surface area contributed by atoms with E-state index in [0.717, 1.165) is 39.5 Å². The highest BCUT2D eigenvalue weighted by molar-refractivity contribution is 6.31. The molecule has 0 amide bonds. The summed E-state index contributed by atoms with van der Waals surface area (Å²) in [6.07, 6.45) is 1.17. The molecule has 0 radical (unpaired) electrons. The third-order valence-electron chi connectivity index (χ3n) is 6.25. The number of rotatable bonds is 4. The summed E-state index contributed by atoms with van der Waals surface area (Å²) in [5.41, 5.74) is 5.61. The van der Waals surface area contributed by atoms with Gasteiger partial charge in [0.25, 0.3) is 0 Å². The van der Waals surface area contributed by atoms with Crippen molar-refractivity contribution in [1.29, 1.82) is 0 Å². The predicted octanol–water partition coefficient (Wildman–Crippen LogP) is 7.11. The van der Waals surface area contributed by atoms with Crippen LogP contribution in [0.25, 0.3) is 0 Å². The Morgan fingerprint density at radius 1 is 0.879 bits per heavy atom. The summed E-state index contributed by atoms with van der Waals surface area (Å²) >= 11 is 6.51. The first-order valence-electron chi connectivity index (χ1n) is 11.4. The number of anilines is 2. The zero-order valence-corrected chi connectivity index (χ0v) is 19.5. The number of halogens is 1.